The molecule has 1 aromatic rings. The summed E-state index contributed by atoms with van der Waals surface area (Å²) in [4.78, 5) is 0. The van der Waals surface area contributed by atoms with Crippen LogP contribution in [0.4, 0.5) is 22.0 Å². The third-order valence-electron chi connectivity index (χ3n) is 1.57. The Morgan fingerprint density at radius 2 is 1.82 bits per heavy atom. The zero-order valence-electron chi connectivity index (χ0n) is 7.75. The molecule has 1 heterocycles. The molecule has 0 atom stereocenters. The van der Waals surface area contributed by atoms with E-state index in [9.17, 15) is 30.4 Å². The predicted octanol–water partition coefficient (Wildman–Crippen LogP) is 2.57. The molecule has 0 amide bonds. The van der Waals surface area contributed by atoms with E-state index >= 15 is 0 Å². The molecule has 0 fully saturated rings. The van der Waals surface area contributed by atoms with Crippen LogP contribution in [0.5, 0.6) is 0 Å². The molecule has 0 saturated carbocycles. The lowest BCUT2D eigenvalue weighted by atomic mass is 10.2. The maximum Gasteiger partial charge on any atom is 0.445 e. The van der Waals surface area contributed by atoms with Crippen LogP contribution < -0.4 is 5.14 Å². The first-order valence-electron chi connectivity index (χ1n) is 3.78. The Morgan fingerprint density at radius 1 is 1.29 bits per heavy atom. The molecule has 0 aromatic carbocycles. The van der Waals surface area contributed by atoms with Gasteiger partial charge in [-0.25, -0.2) is 17.9 Å². The number of alkyl halides is 3. The van der Waals surface area contributed by atoms with Crippen LogP contribution in [0.2, 0.25) is 0 Å². The SMILES string of the molecule is NS(=O)(=O)c1sccc1/C(F)=C(/F)C(F)(F)F. The molecular formula is C7H4F5NO2S2. The molecule has 0 radical (unpaired) electrons. The van der Waals surface area contributed by atoms with Gasteiger partial charge in [-0.3, -0.25) is 0 Å². The third kappa shape index (κ3) is 3.01. The van der Waals surface area contributed by atoms with Crippen LogP contribution in [-0.4, -0.2) is 14.6 Å². The smallest absolute Gasteiger partial charge is 0.224 e. The van der Waals surface area contributed by atoms with Crippen LogP contribution in [0.1, 0.15) is 5.56 Å². The Bertz CT molecular complexity index is 557. The number of thiophene rings is 1. The van der Waals surface area contributed by atoms with Gasteiger partial charge in [-0.05, 0) is 11.4 Å². The monoisotopic (exact) mass is 293 g/mol. The molecule has 0 aliphatic heterocycles. The lowest BCUT2D eigenvalue weighted by molar-refractivity contribution is -0.108. The molecule has 0 aliphatic carbocycles. The molecule has 1 rings (SSSR count). The number of rotatable bonds is 2. The van der Waals surface area contributed by atoms with Crippen LogP contribution in [0, 0.1) is 0 Å². The highest BCUT2D eigenvalue weighted by Gasteiger charge is 2.39. The lowest BCUT2D eigenvalue weighted by Crippen LogP contribution is -2.13. The molecule has 17 heavy (non-hydrogen) atoms. The van der Waals surface area contributed by atoms with Gasteiger partial charge in [0.2, 0.25) is 15.9 Å². The minimum Gasteiger partial charge on any atom is -0.224 e. The number of allylic oxidation sites excluding steroid dienone is 1. The van der Waals surface area contributed by atoms with E-state index in [0.29, 0.717) is 17.4 Å². The van der Waals surface area contributed by atoms with Gasteiger partial charge < -0.3 is 0 Å². The molecule has 0 saturated heterocycles. The fourth-order valence-corrected chi connectivity index (χ4v) is 2.70. The fraction of sp³-hybridized carbons (Fsp3) is 0.143. The zero-order valence-corrected chi connectivity index (χ0v) is 9.39. The Hall–Kier alpha value is -1.00. The van der Waals surface area contributed by atoms with Crippen molar-refractivity contribution in [1.82, 2.24) is 0 Å². The first-order chi connectivity index (χ1) is 7.55. The van der Waals surface area contributed by atoms with Crippen LogP contribution in [0.25, 0.3) is 5.83 Å². The Morgan fingerprint density at radius 3 is 2.24 bits per heavy atom. The van der Waals surface area contributed by atoms with Crippen LogP contribution in [-0.2, 0) is 10.0 Å². The minimum absolute atomic E-state index is 0.392. The van der Waals surface area contributed by atoms with Gasteiger partial charge in [0, 0.05) is 5.56 Å². The largest absolute Gasteiger partial charge is 0.445 e. The molecule has 2 N–H and O–H groups in total. The normalized spacial score (nSPS) is 14.7. The van der Waals surface area contributed by atoms with Crippen molar-refractivity contribution in [3.63, 3.8) is 0 Å². The molecule has 1 aromatic heterocycles. The third-order valence-corrected chi connectivity index (χ3v) is 3.99. The molecule has 0 unspecified atom stereocenters. The molecule has 3 nitrogen and oxygen atoms in total. The quantitative estimate of drug-likeness (QED) is 0.852. The molecule has 96 valence electrons. The fourth-order valence-electron chi connectivity index (χ4n) is 0.921. The standard InChI is InChI=1S/C7H4F5NO2S2/c8-4(5(9)7(10,11)12)3-1-2-16-6(3)17(13,14)15/h1-2H,(H2,13,14,15)/b5-4-. The second kappa shape index (κ2) is 4.35. The minimum atomic E-state index is -5.53. The van der Waals surface area contributed by atoms with Crippen molar-refractivity contribution in [2.75, 3.05) is 0 Å². The van der Waals surface area contributed by atoms with Gasteiger partial charge in [0.25, 0.3) is 0 Å². The maximum absolute atomic E-state index is 13.1. The van der Waals surface area contributed by atoms with Crippen LogP contribution in [0.15, 0.2) is 21.5 Å². The van der Waals surface area contributed by atoms with E-state index in [1.807, 2.05) is 0 Å². The Kier molecular flexibility index (Phi) is 3.60. The van der Waals surface area contributed by atoms with Crippen molar-refractivity contribution < 1.29 is 30.4 Å². The van der Waals surface area contributed by atoms with Gasteiger partial charge in [-0.15, -0.1) is 11.3 Å². The van der Waals surface area contributed by atoms with Crippen molar-refractivity contribution in [2.24, 2.45) is 5.14 Å². The van der Waals surface area contributed by atoms with Gasteiger partial charge in [-0.1, -0.05) is 0 Å². The summed E-state index contributed by atoms with van der Waals surface area (Å²) in [6.45, 7) is 0. The van der Waals surface area contributed by atoms with Crippen LogP contribution in [0.3, 0.4) is 0 Å². The number of halogens is 5. The number of sulfonamides is 1. The van der Waals surface area contributed by atoms with Gasteiger partial charge in [0.1, 0.15) is 4.21 Å². The number of nitrogens with two attached hydrogens (primary N) is 1. The first kappa shape index (κ1) is 14.1. The maximum atomic E-state index is 13.1. The summed E-state index contributed by atoms with van der Waals surface area (Å²) in [6, 6.07) is 0.699. The second-order valence-electron chi connectivity index (χ2n) is 2.79. The Labute approximate surface area is 96.4 Å². The van der Waals surface area contributed by atoms with Crippen molar-refractivity contribution in [2.45, 2.75) is 10.4 Å². The van der Waals surface area contributed by atoms with E-state index in [4.69, 9.17) is 0 Å². The van der Waals surface area contributed by atoms with E-state index in [1.165, 1.54) is 0 Å². The molecule has 0 spiro atoms. The van der Waals surface area contributed by atoms with Gasteiger partial charge >= 0.3 is 6.18 Å². The average Bonchev–Trinajstić information content (AvgIpc) is 2.61. The van der Waals surface area contributed by atoms with Crippen molar-refractivity contribution in [3.05, 3.63) is 22.8 Å². The summed E-state index contributed by atoms with van der Waals surface area (Å²) in [5.74, 6) is -5.30. The zero-order chi connectivity index (χ0) is 13.4. The van der Waals surface area contributed by atoms with E-state index < -0.39 is 37.6 Å². The van der Waals surface area contributed by atoms with Crippen molar-refractivity contribution in [1.29, 1.82) is 0 Å². The van der Waals surface area contributed by atoms with E-state index in [0.717, 1.165) is 5.38 Å². The highest BCUT2D eigenvalue weighted by atomic mass is 32.2. The number of hydrogen-bond donors (Lipinski definition) is 1. The van der Waals surface area contributed by atoms with E-state index in [1.54, 1.807) is 0 Å². The summed E-state index contributed by atoms with van der Waals surface area (Å²) in [6.07, 6.45) is -5.53. The second-order valence-corrected chi connectivity index (χ2v) is 5.47. The highest BCUT2D eigenvalue weighted by molar-refractivity contribution is 7.91. The summed E-state index contributed by atoms with van der Waals surface area (Å²) < 4.78 is 82.2. The molecule has 0 bridgehead atoms. The van der Waals surface area contributed by atoms with Crippen LogP contribution >= 0.6 is 11.3 Å². The number of primary sulfonamides is 1. The summed E-state index contributed by atoms with van der Waals surface area (Å²) in [7, 11) is -4.40. The summed E-state index contributed by atoms with van der Waals surface area (Å²) in [5, 5.41) is 5.62. The topological polar surface area (TPSA) is 60.2 Å². The van der Waals surface area contributed by atoms with Gasteiger partial charge in [-0.2, -0.15) is 17.6 Å². The first-order valence-corrected chi connectivity index (χ1v) is 6.21. The van der Waals surface area contributed by atoms with Gasteiger partial charge in [0.05, 0.1) is 0 Å². The number of hydrogen-bond acceptors (Lipinski definition) is 3. The van der Waals surface area contributed by atoms with E-state index in [-0.39, 0.29) is 0 Å². The summed E-state index contributed by atoms with van der Waals surface area (Å²) >= 11 is 0.392. The Balaban J connectivity index is 3.43. The van der Waals surface area contributed by atoms with Crippen molar-refractivity contribution in [3.8, 4) is 0 Å². The predicted molar refractivity (Wildman–Crippen MR) is 50.9 cm³/mol. The summed E-state index contributed by atoms with van der Waals surface area (Å²) in [5.41, 5.74) is -1.03. The van der Waals surface area contributed by atoms with Gasteiger partial charge in [0.15, 0.2) is 5.83 Å². The van der Waals surface area contributed by atoms with Crippen molar-refractivity contribution >= 4 is 27.2 Å². The molecule has 10 heteroatoms. The van der Waals surface area contributed by atoms with E-state index in [2.05, 4.69) is 5.14 Å². The highest BCUT2D eigenvalue weighted by Crippen LogP contribution is 2.37. The lowest BCUT2D eigenvalue weighted by Gasteiger charge is -2.05. The molecule has 0 aliphatic rings. The molecular weight excluding hydrogens is 289 g/mol. The average molecular weight is 293 g/mol.